The highest BCUT2D eigenvalue weighted by Crippen LogP contribution is 2.45. The lowest BCUT2D eigenvalue weighted by Crippen LogP contribution is -1.97. The molecule has 3 aromatic heterocycles. The maximum atomic E-state index is 5.00. The minimum atomic E-state index is 1.08. The molecule has 0 fully saturated rings. The maximum absolute atomic E-state index is 5.00. The molecule has 0 spiro atoms. The molecular weight excluding hydrogens is 412 g/mol. The lowest BCUT2D eigenvalue weighted by molar-refractivity contribution is 1.32. The molecule has 5 aromatic carbocycles. The van der Waals surface area contributed by atoms with Crippen LogP contribution in [0.1, 0.15) is 5.56 Å². The first-order valence-electron chi connectivity index (χ1n) is 11.7. The van der Waals surface area contributed by atoms with Crippen molar-refractivity contribution in [3.63, 3.8) is 0 Å². The van der Waals surface area contributed by atoms with Crippen LogP contribution >= 0.6 is 0 Å². The van der Waals surface area contributed by atoms with Crippen molar-refractivity contribution in [1.29, 1.82) is 0 Å². The normalized spacial score (nSPS) is 12.3. The highest BCUT2D eigenvalue weighted by molar-refractivity contribution is 6.31. The third kappa shape index (κ3) is 2.13. The van der Waals surface area contributed by atoms with Gasteiger partial charge in [0.05, 0.1) is 22.1 Å². The number of rotatable bonds is 1. The Bertz CT molecular complexity index is 2060. The second kappa shape index (κ2) is 6.33. The molecule has 8 rings (SSSR count). The molecule has 0 aliphatic carbocycles. The maximum Gasteiger partial charge on any atom is 0.0823 e. The van der Waals surface area contributed by atoms with Crippen LogP contribution in [0.2, 0.25) is 0 Å². The van der Waals surface area contributed by atoms with Gasteiger partial charge in [0.15, 0.2) is 0 Å². The number of nitrogens with zero attached hydrogens (tertiary/aromatic N) is 2. The van der Waals surface area contributed by atoms with Crippen LogP contribution in [-0.2, 0) is 0 Å². The van der Waals surface area contributed by atoms with Gasteiger partial charge in [0.2, 0.25) is 0 Å². The smallest absolute Gasteiger partial charge is 0.0823 e. The molecular formula is C32H20N2. The summed E-state index contributed by atoms with van der Waals surface area (Å²) in [5.74, 6) is 0. The summed E-state index contributed by atoms with van der Waals surface area (Å²) in [5, 5.41) is 8.83. The van der Waals surface area contributed by atoms with Crippen molar-refractivity contribution in [2.75, 3.05) is 0 Å². The van der Waals surface area contributed by atoms with Crippen LogP contribution in [0.25, 0.3) is 70.9 Å². The second-order valence-electron chi connectivity index (χ2n) is 9.24. The van der Waals surface area contributed by atoms with Gasteiger partial charge in [-0.2, -0.15) is 0 Å². The predicted molar refractivity (Wildman–Crippen MR) is 144 cm³/mol. The van der Waals surface area contributed by atoms with E-state index in [-0.39, 0.29) is 0 Å². The van der Waals surface area contributed by atoms with Gasteiger partial charge in [0.25, 0.3) is 0 Å². The SMILES string of the molecule is Cc1c2ccccc2cc2c3nccc4c(-c5ccccc5)cc5c6ccccc6n(c12)c5c43. The van der Waals surface area contributed by atoms with E-state index in [2.05, 4.69) is 108 Å². The van der Waals surface area contributed by atoms with Crippen LogP contribution in [0.4, 0.5) is 0 Å². The molecule has 2 nitrogen and oxygen atoms in total. The molecule has 0 bridgehead atoms. The molecule has 8 aromatic rings. The zero-order chi connectivity index (χ0) is 22.4. The fourth-order valence-corrected chi connectivity index (χ4v) is 6.08. The second-order valence-corrected chi connectivity index (χ2v) is 9.24. The monoisotopic (exact) mass is 432 g/mol. The van der Waals surface area contributed by atoms with Gasteiger partial charge in [0, 0.05) is 27.7 Å². The molecule has 0 saturated carbocycles. The standard InChI is InChI=1S/C32H20N2/c1-19-22-12-6-5-11-21(22)17-27-30-29-24(15-16-33-30)25(20-9-3-2-4-10-20)18-26-23-13-7-8-14-28(23)34(31(19)27)32(26)29/h2-18H,1H3. The first-order valence-corrected chi connectivity index (χ1v) is 11.7. The van der Waals surface area contributed by atoms with Gasteiger partial charge in [-0.1, -0.05) is 72.8 Å². The Kier molecular flexibility index (Phi) is 3.36. The fraction of sp³-hybridized carbons (Fsp3) is 0.0312. The van der Waals surface area contributed by atoms with Crippen molar-refractivity contribution in [2.45, 2.75) is 6.92 Å². The molecule has 34 heavy (non-hydrogen) atoms. The molecule has 158 valence electrons. The quantitative estimate of drug-likeness (QED) is 0.188. The van der Waals surface area contributed by atoms with Crippen molar-refractivity contribution >= 4 is 59.8 Å². The number of aryl methyl sites for hydroxylation is 1. The van der Waals surface area contributed by atoms with E-state index in [9.17, 15) is 0 Å². The number of aromatic nitrogens is 2. The Morgan fingerprint density at radius 1 is 0.618 bits per heavy atom. The van der Waals surface area contributed by atoms with Crippen LogP contribution in [0.5, 0.6) is 0 Å². The molecule has 3 heterocycles. The Morgan fingerprint density at radius 2 is 1.38 bits per heavy atom. The first kappa shape index (κ1) is 18.0. The highest BCUT2D eigenvalue weighted by Gasteiger charge is 2.22. The lowest BCUT2D eigenvalue weighted by Gasteiger charge is -2.17. The lowest BCUT2D eigenvalue weighted by atomic mass is 9.93. The summed E-state index contributed by atoms with van der Waals surface area (Å²) in [6.07, 6.45) is 1.97. The summed E-state index contributed by atoms with van der Waals surface area (Å²) in [7, 11) is 0. The number of hydrogen-bond acceptors (Lipinski definition) is 1. The van der Waals surface area contributed by atoms with Crippen molar-refractivity contribution < 1.29 is 0 Å². The topological polar surface area (TPSA) is 17.3 Å². The van der Waals surface area contributed by atoms with Crippen LogP contribution < -0.4 is 0 Å². The molecule has 0 aliphatic heterocycles. The van der Waals surface area contributed by atoms with Gasteiger partial charge in [-0.3, -0.25) is 4.98 Å². The van der Waals surface area contributed by atoms with E-state index in [1.807, 2.05) is 6.20 Å². The van der Waals surface area contributed by atoms with Gasteiger partial charge < -0.3 is 4.40 Å². The number of pyridine rings is 2. The van der Waals surface area contributed by atoms with Crippen LogP contribution in [0.15, 0.2) is 103 Å². The zero-order valence-electron chi connectivity index (χ0n) is 18.7. The summed E-state index contributed by atoms with van der Waals surface area (Å²) < 4.78 is 2.49. The summed E-state index contributed by atoms with van der Waals surface area (Å²) in [5.41, 5.74) is 8.65. The molecule has 0 unspecified atom stereocenters. The Labute approximate surface area is 196 Å². The molecule has 0 N–H and O–H groups in total. The first-order chi connectivity index (χ1) is 16.8. The molecule has 0 radical (unpaired) electrons. The molecule has 0 atom stereocenters. The van der Waals surface area contributed by atoms with E-state index < -0.39 is 0 Å². The highest BCUT2D eigenvalue weighted by atomic mass is 14.9. The van der Waals surface area contributed by atoms with Crippen molar-refractivity contribution in [3.05, 3.63) is 109 Å². The largest absolute Gasteiger partial charge is 0.308 e. The van der Waals surface area contributed by atoms with E-state index in [1.165, 1.54) is 70.9 Å². The number of fused-ring (bicyclic) bond motifs is 7. The summed E-state index contributed by atoms with van der Waals surface area (Å²) in [6.45, 7) is 2.26. The average Bonchev–Trinajstić information content (AvgIpc) is 3.23. The zero-order valence-corrected chi connectivity index (χ0v) is 18.7. The van der Waals surface area contributed by atoms with Gasteiger partial charge in [0.1, 0.15) is 0 Å². The van der Waals surface area contributed by atoms with Crippen LogP contribution in [-0.4, -0.2) is 9.38 Å². The van der Waals surface area contributed by atoms with E-state index in [0.29, 0.717) is 0 Å². The van der Waals surface area contributed by atoms with E-state index in [1.54, 1.807) is 0 Å². The summed E-state index contributed by atoms with van der Waals surface area (Å²) in [6, 6.07) is 35.1. The Hall–Kier alpha value is -4.43. The Balaban J connectivity index is 1.76. The number of hydrogen-bond donors (Lipinski definition) is 0. The molecule has 0 amide bonds. The number of benzene rings is 5. The van der Waals surface area contributed by atoms with Crippen LogP contribution in [0, 0.1) is 6.92 Å². The van der Waals surface area contributed by atoms with E-state index in [4.69, 9.17) is 4.98 Å². The minimum absolute atomic E-state index is 1.08. The molecule has 2 heteroatoms. The van der Waals surface area contributed by atoms with Crippen LogP contribution in [0.3, 0.4) is 0 Å². The summed E-state index contributed by atoms with van der Waals surface area (Å²) in [4.78, 5) is 5.00. The van der Waals surface area contributed by atoms with Crippen molar-refractivity contribution in [3.8, 4) is 11.1 Å². The van der Waals surface area contributed by atoms with Gasteiger partial charge in [-0.25, -0.2) is 0 Å². The summed E-state index contributed by atoms with van der Waals surface area (Å²) >= 11 is 0. The van der Waals surface area contributed by atoms with E-state index in [0.717, 1.165) is 5.52 Å². The third-order valence-electron chi connectivity index (χ3n) is 7.52. The predicted octanol–water partition coefficient (Wildman–Crippen LogP) is 8.51. The third-order valence-corrected chi connectivity index (χ3v) is 7.52. The van der Waals surface area contributed by atoms with Crippen molar-refractivity contribution in [1.82, 2.24) is 9.38 Å². The molecule has 0 aliphatic rings. The fourth-order valence-electron chi connectivity index (χ4n) is 6.08. The number of para-hydroxylation sites is 1. The van der Waals surface area contributed by atoms with Gasteiger partial charge >= 0.3 is 0 Å². The van der Waals surface area contributed by atoms with Crippen molar-refractivity contribution in [2.24, 2.45) is 0 Å². The Morgan fingerprint density at radius 3 is 2.26 bits per heavy atom. The van der Waals surface area contributed by atoms with Gasteiger partial charge in [-0.15, -0.1) is 0 Å². The van der Waals surface area contributed by atoms with Gasteiger partial charge in [-0.05, 0) is 64.0 Å². The average molecular weight is 433 g/mol. The molecule has 0 saturated heterocycles. The minimum Gasteiger partial charge on any atom is -0.308 e. The van der Waals surface area contributed by atoms with E-state index >= 15 is 0 Å².